The number of hydrogen-bond donors (Lipinski definition) is 1. The van der Waals surface area contributed by atoms with Gasteiger partial charge in [0, 0.05) is 33.6 Å². The van der Waals surface area contributed by atoms with Gasteiger partial charge in [-0.05, 0) is 38.9 Å². The fraction of sp³-hybridized carbons (Fsp3) is 0.917. The number of nitrogens with zero attached hydrogens (tertiary/aromatic N) is 2. The van der Waals surface area contributed by atoms with Gasteiger partial charge in [-0.3, -0.25) is 4.79 Å². The van der Waals surface area contributed by atoms with Crippen LogP contribution in [-0.2, 0) is 4.79 Å². The molecule has 0 radical (unpaired) electrons. The molecule has 0 saturated carbocycles. The zero-order valence-electron chi connectivity index (χ0n) is 10.8. The highest BCUT2D eigenvalue weighted by Crippen LogP contribution is 2.11. The maximum Gasteiger partial charge on any atom is 0.223 e. The normalized spacial score (nSPS) is 21.1. The van der Waals surface area contributed by atoms with Crippen molar-refractivity contribution in [3.8, 4) is 0 Å². The third-order valence-corrected chi connectivity index (χ3v) is 3.18. The third-order valence-electron chi connectivity index (χ3n) is 3.18. The summed E-state index contributed by atoms with van der Waals surface area (Å²) in [5.41, 5.74) is 0. The molecule has 0 spiro atoms. The van der Waals surface area contributed by atoms with Crippen molar-refractivity contribution in [2.75, 3.05) is 47.3 Å². The fourth-order valence-corrected chi connectivity index (χ4v) is 2.12. The van der Waals surface area contributed by atoms with Crippen molar-refractivity contribution < 1.29 is 4.79 Å². The van der Waals surface area contributed by atoms with E-state index in [4.69, 9.17) is 0 Å². The smallest absolute Gasteiger partial charge is 0.223 e. The van der Waals surface area contributed by atoms with Crippen molar-refractivity contribution in [3.63, 3.8) is 0 Å². The molecule has 0 aromatic rings. The molecule has 1 atom stereocenters. The summed E-state index contributed by atoms with van der Waals surface area (Å²) in [4.78, 5) is 15.4. The van der Waals surface area contributed by atoms with Gasteiger partial charge < -0.3 is 15.1 Å². The first kappa shape index (κ1) is 13.5. The Bertz CT molecular complexity index is 212. The quantitative estimate of drug-likeness (QED) is 0.738. The summed E-state index contributed by atoms with van der Waals surface area (Å²) in [6.45, 7) is 4.27. The molecular weight excluding hydrogens is 202 g/mol. The van der Waals surface area contributed by atoms with Crippen LogP contribution in [0, 0.1) is 5.92 Å². The van der Waals surface area contributed by atoms with E-state index in [9.17, 15) is 4.79 Å². The van der Waals surface area contributed by atoms with E-state index in [0.29, 0.717) is 6.42 Å². The van der Waals surface area contributed by atoms with Crippen LogP contribution in [0.3, 0.4) is 0 Å². The predicted octanol–water partition coefficient (Wildman–Crippen LogP) is 0.396. The van der Waals surface area contributed by atoms with Crippen molar-refractivity contribution in [1.82, 2.24) is 15.1 Å². The van der Waals surface area contributed by atoms with Gasteiger partial charge in [-0.15, -0.1) is 0 Å². The van der Waals surface area contributed by atoms with E-state index in [2.05, 4.69) is 17.3 Å². The lowest BCUT2D eigenvalue weighted by molar-refractivity contribution is -0.129. The van der Waals surface area contributed by atoms with Crippen molar-refractivity contribution in [3.05, 3.63) is 0 Å². The molecule has 1 amide bonds. The highest BCUT2D eigenvalue weighted by Gasteiger charge is 2.15. The Balaban J connectivity index is 2.14. The molecule has 0 aromatic carbocycles. The number of carbonyl (C=O) groups is 1. The van der Waals surface area contributed by atoms with E-state index in [1.807, 2.05) is 14.1 Å². The second-order valence-corrected chi connectivity index (χ2v) is 5.01. The number of amides is 1. The lowest BCUT2D eigenvalue weighted by Crippen LogP contribution is -2.38. The predicted molar refractivity (Wildman–Crippen MR) is 66.4 cm³/mol. The zero-order valence-corrected chi connectivity index (χ0v) is 10.8. The molecular formula is C12H25N3O. The summed E-state index contributed by atoms with van der Waals surface area (Å²) >= 11 is 0. The molecule has 16 heavy (non-hydrogen) atoms. The van der Waals surface area contributed by atoms with Crippen molar-refractivity contribution in [1.29, 1.82) is 0 Å². The molecule has 1 aliphatic rings. The highest BCUT2D eigenvalue weighted by atomic mass is 16.2. The van der Waals surface area contributed by atoms with Crippen LogP contribution in [-0.4, -0.2) is 63.0 Å². The Labute approximate surface area is 99.0 Å². The van der Waals surface area contributed by atoms with E-state index in [1.54, 1.807) is 4.90 Å². The summed E-state index contributed by atoms with van der Waals surface area (Å²) < 4.78 is 0. The van der Waals surface area contributed by atoms with E-state index in [1.165, 1.54) is 19.4 Å². The summed E-state index contributed by atoms with van der Waals surface area (Å²) in [7, 11) is 5.73. The van der Waals surface area contributed by atoms with E-state index in [-0.39, 0.29) is 5.91 Å². The van der Waals surface area contributed by atoms with Crippen molar-refractivity contribution in [2.24, 2.45) is 5.92 Å². The van der Waals surface area contributed by atoms with Crippen molar-refractivity contribution >= 4 is 5.91 Å². The molecule has 1 rings (SSSR count). The average Bonchev–Trinajstić information content (AvgIpc) is 2.27. The summed E-state index contributed by atoms with van der Waals surface area (Å²) in [6, 6.07) is 0. The van der Waals surface area contributed by atoms with Crippen molar-refractivity contribution in [2.45, 2.75) is 19.3 Å². The van der Waals surface area contributed by atoms with Gasteiger partial charge in [-0.25, -0.2) is 0 Å². The van der Waals surface area contributed by atoms with Gasteiger partial charge in [-0.2, -0.15) is 0 Å². The van der Waals surface area contributed by atoms with Crippen LogP contribution >= 0.6 is 0 Å². The van der Waals surface area contributed by atoms with Gasteiger partial charge in [0.25, 0.3) is 0 Å². The second-order valence-electron chi connectivity index (χ2n) is 5.01. The van der Waals surface area contributed by atoms with Crippen LogP contribution in [0.1, 0.15) is 19.3 Å². The second kappa shape index (κ2) is 6.86. The molecule has 4 nitrogen and oxygen atoms in total. The minimum Gasteiger partial charge on any atom is -0.349 e. The van der Waals surface area contributed by atoms with E-state index in [0.717, 1.165) is 25.6 Å². The molecule has 4 heteroatoms. The Morgan fingerprint density at radius 3 is 2.69 bits per heavy atom. The van der Waals surface area contributed by atoms with Crippen LogP contribution in [0.15, 0.2) is 0 Å². The number of piperidine rings is 1. The first-order valence-electron chi connectivity index (χ1n) is 6.19. The van der Waals surface area contributed by atoms with Crippen LogP contribution < -0.4 is 5.32 Å². The summed E-state index contributed by atoms with van der Waals surface area (Å²) in [5, 5.41) is 3.42. The lowest BCUT2D eigenvalue weighted by atomic mass is 9.99. The summed E-state index contributed by atoms with van der Waals surface area (Å²) in [6.07, 6.45) is 3.23. The Hall–Kier alpha value is -0.610. The topological polar surface area (TPSA) is 35.6 Å². The monoisotopic (exact) mass is 227 g/mol. The van der Waals surface area contributed by atoms with Crippen LogP contribution in [0.25, 0.3) is 0 Å². The number of carbonyl (C=O) groups excluding carboxylic acids is 1. The SMILES string of the molecule is CN(CCC(=O)N(C)C)CC1CCCNC1. The molecule has 1 unspecified atom stereocenters. The number of nitrogens with one attached hydrogen (secondary N) is 1. The fourth-order valence-electron chi connectivity index (χ4n) is 2.12. The molecule has 0 aliphatic carbocycles. The third kappa shape index (κ3) is 4.94. The Morgan fingerprint density at radius 2 is 2.12 bits per heavy atom. The summed E-state index contributed by atoms with van der Waals surface area (Å²) in [5.74, 6) is 0.974. The standard InChI is InChI=1S/C12H25N3O/c1-14(2)12(16)6-8-15(3)10-11-5-4-7-13-9-11/h11,13H,4-10H2,1-3H3. The molecule has 1 saturated heterocycles. The van der Waals surface area contributed by atoms with Crippen LogP contribution in [0.4, 0.5) is 0 Å². The number of rotatable bonds is 5. The van der Waals surface area contributed by atoms with Gasteiger partial charge in [-0.1, -0.05) is 0 Å². The van der Waals surface area contributed by atoms with Crippen LogP contribution in [0.2, 0.25) is 0 Å². The van der Waals surface area contributed by atoms with Gasteiger partial charge in [0.05, 0.1) is 0 Å². The lowest BCUT2D eigenvalue weighted by Gasteiger charge is -2.27. The zero-order chi connectivity index (χ0) is 12.0. The van der Waals surface area contributed by atoms with Crippen LogP contribution in [0.5, 0.6) is 0 Å². The highest BCUT2D eigenvalue weighted by molar-refractivity contribution is 5.75. The molecule has 0 bridgehead atoms. The molecule has 1 N–H and O–H groups in total. The van der Waals surface area contributed by atoms with Gasteiger partial charge >= 0.3 is 0 Å². The first-order valence-corrected chi connectivity index (χ1v) is 6.19. The first-order chi connectivity index (χ1) is 7.59. The average molecular weight is 227 g/mol. The minimum atomic E-state index is 0.216. The maximum atomic E-state index is 11.4. The maximum absolute atomic E-state index is 11.4. The largest absolute Gasteiger partial charge is 0.349 e. The molecule has 94 valence electrons. The molecule has 1 aliphatic heterocycles. The number of hydrogen-bond acceptors (Lipinski definition) is 3. The van der Waals surface area contributed by atoms with Gasteiger partial charge in [0.15, 0.2) is 0 Å². The molecule has 1 fully saturated rings. The van der Waals surface area contributed by atoms with E-state index < -0.39 is 0 Å². The van der Waals surface area contributed by atoms with Gasteiger partial charge in [0.2, 0.25) is 5.91 Å². The van der Waals surface area contributed by atoms with E-state index >= 15 is 0 Å². The Morgan fingerprint density at radius 1 is 1.38 bits per heavy atom. The molecule has 1 heterocycles. The van der Waals surface area contributed by atoms with Gasteiger partial charge in [0.1, 0.15) is 0 Å². The minimum absolute atomic E-state index is 0.216. The Kier molecular flexibility index (Phi) is 5.77. The molecule has 0 aromatic heterocycles.